The van der Waals surface area contributed by atoms with Crippen molar-refractivity contribution in [2.45, 2.75) is 26.2 Å². The van der Waals surface area contributed by atoms with Crippen molar-refractivity contribution in [2.24, 2.45) is 11.7 Å². The number of amides is 1. The molecule has 1 unspecified atom stereocenters. The quantitative estimate of drug-likeness (QED) is 0.894. The largest absolute Gasteiger partial charge is 0.330 e. The van der Waals surface area contributed by atoms with Crippen LogP contribution in [0.3, 0.4) is 0 Å². The van der Waals surface area contributed by atoms with Gasteiger partial charge in [0, 0.05) is 13.5 Å². The van der Waals surface area contributed by atoms with Crippen molar-refractivity contribution in [3.8, 4) is 0 Å². The molecule has 0 aliphatic carbocycles. The van der Waals surface area contributed by atoms with Gasteiger partial charge in [-0.15, -0.1) is 0 Å². The second-order valence-corrected chi connectivity index (χ2v) is 5.26. The van der Waals surface area contributed by atoms with Crippen LogP contribution in [0, 0.1) is 5.92 Å². The standard InChI is InChI=1S/C14H19ClN2O/c1-10(18)17-8-6-11(5-7-16)9-12-3-2-4-13(15)14(12)17/h2-4,11H,5-9,16H2,1H3. The molecule has 2 rings (SSSR count). The number of fused-ring (bicyclic) bond motifs is 1. The smallest absolute Gasteiger partial charge is 0.223 e. The third-order valence-electron chi connectivity index (χ3n) is 3.56. The minimum Gasteiger partial charge on any atom is -0.330 e. The van der Waals surface area contributed by atoms with E-state index in [1.165, 1.54) is 0 Å². The third kappa shape index (κ3) is 2.68. The summed E-state index contributed by atoms with van der Waals surface area (Å²) in [5.41, 5.74) is 7.70. The highest BCUT2D eigenvalue weighted by Crippen LogP contribution is 2.35. The van der Waals surface area contributed by atoms with Gasteiger partial charge in [-0.05, 0) is 43.4 Å². The Balaban J connectivity index is 2.39. The lowest BCUT2D eigenvalue weighted by Crippen LogP contribution is -2.30. The van der Waals surface area contributed by atoms with E-state index < -0.39 is 0 Å². The van der Waals surface area contributed by atoms with Gasteiger partial charge in [0.1, 0.15) is 0 Å². The first-order valence-corrected chi connectivity index (χ1v) is 6.77. The van der Waals surface area contributed by atoms with Gasteiger partial charge in [-0.1, -0.05) is 23.7 Å². The molecule has 1 aliphatic rings. The van der Waals surface area contributed by atoms with E-state index in [1.807, 2.05) is 12.1 Å². The highest BCUT2D eigenvalue weighted by molar-refractivity contribution is 6.34. The van der Waals surface area contributed by atoms with Gasteiger partial charge in [0.05, 0.1) is 10.7 Å². The first kappa shape index (κ1) is 13.4. The molecule has 0 radical (unpaired) electrons. The normalized spacial score (nSPS) is 19.3. The summed E-state index contributed by atoms with van der Waals surface area (Å²) in [6, 6.07) is 5.86. The van der Waals surface area contributed by atoms with E-state index in [9.17, 15) is 4.79 Å². The predicted octanol–water partition coefficient (Wildman–Crippen LogP) is 2.60. The van der Waals surface area contributed by atoms with Crippen LogP contribution in [0.5, 0.6) is 0 Å². The fraction of sp³-hybridized carbons (Fsp3) is 0.500. The van der Waals surface area contributed by atoms with Crippen molar-refractivity contribution in [1.29, 1.82) is 0 Å². The lowest BCUT2D eigenvalue weighted by atomic mass is 9.94. The first-order chi connectivity index (χ1) is 8.63. The molecule has 2 N–H and O–H groups in total. The minimum absolute atomic E-state index is 0.0535. The number of para-hydroxylation sites is 1. The van der Waals surface area contributed by atoms with Gasteiger partial charge in [0.2, 0.25) is 5.91 Å². The average Bonchev–Trinajstić information content (AvgIpc) is 2.50. The Labute approximate surface area is 113 Å². The number of carbonyl (C=O) groups excluding carboxylic acids is 1. The summed E-state index contributed by atoms with van der Waals surface area (Å²) in [6.45, 7) is 3.02. The van der Waals surface area contributed by atoms with E-state index >= 15 is 0 Å². The monoisotopic (exact) mass is 266 g/mol. The summed E-state index contributed by atoms with van der Waals surface area (Å²) >= 11 is 6.26. The summed E-state index contributed by atoms with van der Waals surface area (Å²) in [5, 5.41) is 0.663. The number of carbonyl (C=O) groups is 1. The highest BCUT2D eigenvalue weighted by atomic mass is 35.5. The zero-order valence-corrected chi connectivity index (χ0v) is 11.4. The maximum atomic E-state index is 11.8. The minimum atomic E-state index is 0.0535. The summed E-state index contributed by atoms with van der Waals surface area (Å²) in [6.07, 6.45) is 2.94. The SMILES string of the molecule is CC(=O)N1CCC(CCN)Cc2cccc(Cl)c21. The molecule has 98 valence electrons. The van der Waals surface area contributed by atoms with Crippen molar-refractivity contribution in [2.75, 3.05) is 18.0 Å². The molecule has 18 heavy (non-hydrogen) atoms. The van der Waals surface area contributed by atoms with Crippen LogP contribution < -0.4 is 10.6 Å². The molecule has 0 aromatic heterocycles. The molecule has 1 aliphatic heterocycles. The molecule has 1 aromatic carbocycles. The Morgan fingerprint density at radius 3 is 3.00 bits per heavy atom. The van der Waals surface area contributed by atoms with Gasteiger partial charge < -0.3 is 10.6 Å². The molecule has 0 bridgehead atoms. The molecule has 1 aromatic rings. The van der Waals surface area contributed by atoms with Crippen molar-refractivity contribution in [3.05, 3.63) is 28.8 Å². The van der Waals surface area contributed by atoms with Crippen molar-refractivity contribution < 1.29 is 4.79 Å². The van der Waals surface area contributed by atoms with Gasteiger partial charge in [-0.25, -0.2) is 0 Å². The van der Waals surface area contributed by atoms with E-state index in [0.29, 0.717) is 17.5 Å². The Hall–Kier alpha value is -1.06. The van der Waals surface area contributed by atoms with E-state index in [4.69, 9.17) is 17.3 Å². The Morgan fingerprint density at radius 1 is 1.56 bits per heavy atom. The number of nitrogens with zero attached hydrogens (tertiary/aromatic N) is 1. The lowest BCUT2D eigenvalue weighted by Gasteiger charge is -2.22. The third-order valence-corrected chi connectivity index (χ3v) is 3.87. The summed E-state index contributed by atoms with van der Waals surface area (Å²) in [7, 11) is 0. The maximum Gasteiger partial charge on any atom is 0.223 e. The molecule has 0 spiro atoms. The number of anilines is 1. The molecule has 1 heterocycles. The van der Waals surface area contributed by atoms with E-state index in [0.717, 1.165) is 37.1 Å². The van der Waals surface area contributed by atoms with Crippen LogP contribution in [-0.2, 0) is 11.2 Å². The molecule has 0 saturated carbocycles. The zero-order chi connectivity index (χ0) is 13.1. The average molecular weight is 267 g/mol. The molecule has 3 nitrogen and oxygen atoms in total. The number of benzene rings is 1. The Bertz CT molecular complexity index is 447. The molecule has 1 atom stereocenters. The topological polar surface area (TPSA) is 46.3 Å². The van der Waals surface area contributed by atoms with Gasteiger partial charge in [0.15, 0.2) is 0 Å². The van der Waals surface area contributed by atoms with Crippen LogP contribution in [0.2, 0.25) is 5.02 Å². The molecule has 1 amide bonds. The van der Waals surface area contributed by atoms with Gasteiger partial charge in [-0.3, -0.25) is 4.79 Å². The molecule has 4 heteroatoms. The Kier molecular flexibility index (Phi) is 4.25. The molecular formula is C14H19ClN2O. The number of hydrogen-bond acceptors (Lipinski definition) is 2. The van der Waals surface area contributed by atoms with Gasteiger partial charge >= 0.3 is 0 Å². The lowest BCUT2D eigenvalue weighted by molar-refractivity contribution is -0.116. The zero-order valence-electron chi connectivity index (χ0n) is 10.7. The number of halogens is 1. The molecule has 0 saturated heterocycles. The number of hydrogen-bond donors (Lipinski definition) is 1. The first-order valence-electron chi connectivity index (χ1n) is 6.39. The summed E-state index contributed by atoms with van der Waals surface area (Å²) < 4.78 is 0. The number of rotatable bonds is 2. The summed E-state index contributed by atoms with van der Waals surface area (Å²) in [4.78, 5) is 13.6. The van der Waals surface area contributed by atoms with Crippen LogP contribution in [0.1, 0.15) is 25.3 Å². The van der Waals surface area contributed by atoms with Crippen LogP contribution in [0.4, 0.5) is 5.69 Å². The van der Waals surface area contributed by atoms with Crippen LogP contribution in [0.25, 0.3) is 0 Å². The van der Waals surface area contributed by atoms with Crippen LogP contribution in [-0.4, -0.2) is 19.0 Å². The Morgan fingerprint density at radius 2 is 2.33 bits per heavy atom. The van der Waals surface area contributed by atoms with Gasteiger partial charge in [-0.2, -0.15) is 0 Å². The van der Waals surface area contributed by atoms with Crippen molar-refractivity contribution in [3.63, 3.8) is 0 Å². The van der Waals surface area contributed by atoms with Crippen LogP contribution >= 0.6 is 11.6 Å². The van der Waals surface area contributed by atoms with E-state index in [2.05, 4.69) is 6.07 Å². The second-order valence-electron chi connectivity index (χ2n) is 4.85. The van der Waals surface area contributed by atoms with Crippen molar-refractivity contribution >= 4 is 23.2 Å². The predicted molar refractivity (Wildman–Crippen MR) is 75.0 cm³/mol. The fourth-order valence-corrected chi connectivity index (χ4v) is 2.96. The van der Waals surface area contributed by atoms with E-state index in [1.54, 1.807) is 11.8 Å². The molecule has 0 fully saturated rings. The second kappa shape index (κ2) is 5.72. The maximum absolute atomic E-state index is 11.8. The highest BCUT2D eigenvalue weighted by Gasteiger charge is 2.25. The van der Waals surface area contributed by atoms with Crippen molar-refractivity contribution in [1.82, 2.24) is 0 Å². The van der Waals surface area contributed by atoms with Crippen LogP contribution in [0.15, 0.2) is 18.2 Å². The van der Waals surface area contributed by atoms with E-state index in [-0.39, 0.29) is 5.91 Å². The number of nitrogens with two attached hydrogens (primary N) is 1. The summed E-state index contributed by atoms with van der Waals surface area (Å²) in [5.74, 6) is 0.592. The fourth-order valence-electron chi connectivity index (χ4n) is 2.66. The van der Waals surface area contributed by atoms with Gasteiger partial charge in [0.25, 0.3) is 0 Å². The molecular weight excluding hydrogens is 248 g/mol.